The van der Waals surface area contributed by atoms with E-state index in [0.29, 0.717) is 12.2 Å². The minimum atomic E-state index is -0.330. The number of halogens is 2. The molecule has 1 nitrogen and oxygen atoms in total. The Morgan fingerprint density at radius 3 is 2.40 bits per heavy atom. The van der Waals surface area contributed by atoms with Crippen LogP contribution in [0.15, 0.2) is 12.1 Å². The van der Waals surface area contributed by atoms with E-state index in [1.54, 1.807) is 13.2 Å². The molecule has 0 bridgehead atoms. The van der Waals surface area contributed by atoms with Crippen molar-refractivity contribution in [1.82, 2.24) is 0 Å². The molecule has 1 aromatic carbocycles. The van der Waals surface area contributed by atoms with E-state index in [1.165, 1.54) is 0 Å². The van der Waals surface area contributed by atoms with Gasteiger partial charge < -0.3 is 4.74 Å². The Balaban J connectivity index is 3.25. The summed E-state index contributed by atoms with van der Waals surface area (Å²) in [7, 11) is 1.61. The van der Waals surface area contributed by atoms with Crippen LogP contribution in [0.2, 0.25) is 5.02 Å². The average Bonchev–Trinajstić information content (AvgIpc) is 2.09. The highest BCUT2D eigenvalue weighted by Gasteiger charge is 2.21. The molecular formula is C12H16ClFO. The minimum Gasteiger partial charge on any atom is -0.380 e. The van der Waals surface area contributed by atoms with Crippen LogP contribution in [0.25, 0.3) is 0 Å². The fourth-order valence-electron chi connectivity index (χ4n) is 1.44. The number of hydrogen-bond donors (Lipinski definition) is 0. The fraction of sp³-hybridized carbons (Fsp3) is 0.500. The average molecular weight is 231 g/mol. The maximum Gasteiger partial charge on any atom is 0.145 e. The van der Waals surface area contributed by atoms with Crippen LogP contribution in [0.3, 0.4) is 0 Å². The van der Waals surface area contributed by atoms with E-state index in [-0.39, 0.29) is 16.3 Å². The molecule has 0 heterocycles. The lowest BCUT2D eigenvalue weighted by molar-refractivity contribution is 0.184. The highest BCUT2D eigenvalue weighted by molar-refractivity contribution is 6.30. The molecule has 15 heavy (non-hydrogen) atoms. The lowest BCUT2D eigenvalue weighted by atomic mass is 9.86. The summed E-state index contributed by atoms with van der Waals surface area (Å²) in [4.78, 5) is 0. The van der Waals surface area contributed by atoms with E-state index >= 15 is 0 Å². The van der Waals surface area contributed by atoms with Crippen molar-refractivity contribution >= 4 is 11.6 Å². The van der Waals surface area contributed by atoms with Crippen LogP contribution in [0.1, 0.15) is 31.9 Å². The summed E-state index contributed by atoms with van der Waals surface area (Å²) in [5, 5.41) is 0.162. The van der Waals surface area contributed by atoms with Crippen molar-refractivity contribution < 1.29 is 9.13 Å². The molecule has 0 fully saturated rings. The Morgan fingerprint density at radius 2 is 1.93 bits per heavy atom. The molecule has 0 radical (unpaired) electrons. The third-order valence-corrected chi connectivity index (χ3v) is 2.48. The molecule has 0 N–H and O–H groups in total. The summed E-state index contributed by atoms with van der Waals surface area (Å²) in [6.07, 6.45) is 0. The highest BCUT2D eigenvalue weighted by Crippen LogP contribution is 2.30. The normalized spacial score (nSPS) is 11.9. The Hall–Kier alpha value is -0.600. The second-order valence-corrected chi connectivity index (χ2v) is 5.03. The van der Waals surface area contributed by atoms with Crippen molar-refractivity contribution in [3.05, 3.63) is 34.1 Å². The number of rotatable bonds is 2. The molecule has 0 spiro atoms. The molecule has 0 aliphatic carbocycles. The van der Waals surface area contributed by atoms with E-state index in [1.807, 2.05) is 26.8 Å². The molecule has 84 valence electrons. The van der Waals surface area contributed by atoms with Gasteiger partial charge in [-0.05, 0) is 28.7 Å². The SMILES string of the molecule is COCc1cc(Cl)c(F)c(C(C)(C)C)c1. The first-order valence-corrected chi connectivity index (χ1v) is 5.21. The van der Waals surface area contributed by atoms with Gasteiger partial charge in [-0.1, -0.05) is 32.4 Å². The van der Waals surface area contributed by atoms with Gasteiger partial charge in [0.1, 0.15) is 5.82 Å². The fourth-order valence-corrected chi connectivity index (χ4v) is 1.68. The molecule has 0 unspecified atom stereocenters. The smallest absolute Gasteiger partial charge is 0.145 e. The molecular weight excluding hydrogens is 215 g/mol. The molecule has 0 saturated carbocycles. The largest absolute Gasteiger partial charge is 0.380 e. The number of hydrogen-bond acceptors (Lipinski definition) is 1. The van der Waals surface area contributed by atoms with E-state index in [2.05, 4.69) is 0 Å². The molecule has 0 aromatic heterocycles. The first-order valence-electron chi connectivity index (χ1n) is 4.83. The first kappa shape index (κ1) is 12.5. The number of ether oxygens (including phenoxy) is 1. The van der Waals surface area contributed by atoms with Crippen LogP contribution in [0, 0.1) is 5.82 Å². The third-order valence-electron chi connectivity index (χ3n) is 2.21. The topological polar surface area (TPSA) is 9.23 Å². The first-order chi connectivity index (χ1) is 6.86. The lowest BCUT2D eigenvalue weighted by Crippen LogP contribution is -2.14. The Bertz CT molecular complexity index is 355. The van der Waals surface area contributed by atoms with E-state index in [4.69, 9.17) is 16.3 Å². The Labute approximate surface area is 95.2 Å². The van der Waals surface area contributed by atoms with Gasteiger partial charge in [-0.15, -0.1) is 0 Å². The van der Waals surface area contributed by atoms with Crippen LogP contribution in [-0.4, -0.2) is 7.11 Å². The zero-order chi connectivity index (χ0) is 11.6. The molecule has 0 saturated heterocycles. The van der Waals surface area contributed by atoms with Gasteiger partial charge in [0.2, 0.25) is 0 Å². The van der Waals surface area contributed by atoms with Crippen molar-refractivity contribution in [2.75, 3.05) is 7.11 Å². The maximum absolute atomic E-state index is 13.7. The van der Waals surface area contributed by atoms with Crippen LogP contribution in [0.4, 0.5) is 4.39 Å². The van der Waals surface area contributed by atoms with Crippen molar-refractivity contribution in [2.45, 2.75) is 32.8 Å². The molecule has 0 atom stereocenters. The second-order valence-electron chi connectivity index (χ2n) is 4.62. The Kier molecular flexibility index (Phi) is 3.74. The van der Waals surface area contributed by atoms with Gasteiger partial charge in [0.25, 0.3) is 0 Å². The zero-order valence-electron chi connectivity index (χ0n) is 9.53. The van der Waals surface area contributed by atoms with E-state index < -0.39 is 0 Å². The summed E-state index contributed by atoms with van der Waals surface area (Å²) in [5.41, 5.74) is 1.27. The van der Waals surface area contributed by atoms with Crippen molar-refractivity contribution in [2.24, 2.45) is 0 Å². The summed E-state index contributed by atoms with van der Waals surface area (Å²) >= 11 is 5.83. The molecule has 0 aliphatic rings. The summed E-state index contributed by atoms with van der Waals surface area (Å²) in [6, 6.07) is 3.42. The number of methoxy groups -OCH3 is 1. The minimum absolute atomic E-state index is 0.162. The van der Waals surface area contributed by atoms with Gasteiger partial charge in [0.15, 0.2) is 0 Å². The van der Waals surface area contributed by atoms with Gasteiger partial charge in [0, 0.05) is 7.11 Å². The van der Waals surface area contributed by atoms with Crippen molar-refractivity contribution in [3.8, 4) is 0 Å². The number of benzene rings is 1. The van der Waals surface area contributed by atoms with Gasteiger partial charge in [-0.3, -0.25) is 0 Å². The van der Waals surface area contributed by atoms with Crippen LogP contribution >= 0.6 is 11.6 Å². The van der Waals surface area contributed by atoms with Crippen LogP contribution < -0.4 is 0 Å². The predicted octanol–water partition coefficient (Wildman–Crippen LogP) is 3.92. The van der Waals surface area contributed by atoms with Gasteiger partial charge in [-0.25, -0.2) is 4.39 Å². The summed E-state index contributed by atoms with van der Waals surface area (Å²) in [5.74, 6) is -0.330. The monoisotopic (exact) mass is 230 g/mol. The summed E-state index contributed by atoms with van der Waals surface area (Å²) in [6.45, 7) is 6.32. The van der Waals surface area contributed by atoms with Gasteiger partial charge >= 0.3 is 0 Å². The van der Waals surface area contributed by atoms with Crippen LogP contribution in [-0.2, 0) is 16.8 Å². The summed E-state index contributed by atoms with van der Waals surface area (Å²) < 4.78 is 18.8. The van der Waals surface area contributed by atoms with Crippen LogP contribution in [0.5, 0.6) is 0 Å². The lowest BCUT2D eigenvalue weighted by Gasteiger charge is -2.21. The quantitative estimate of drug-likeness (QED) is 0.748. The predicted molar refractivity (Wildman–Crippen MR) is 60.8 cm³/mol. The highest BCUT2D eigenvalue weighted by atomic mass is 35.5. The molecule has 0 aliphatic heterocycles. The van der Waals surface area contributed by atoms with Crippen molar-refractivity contribution in [3.63, 3.8) is 0 Å². The van der Waals surface area contributed by atoms with Gasteiger partial charge in [0.05, 0.1) is 11.6 Å². The molecule has 3 heteroatoms. The maximum atomic E-state index is 13.7. The molecule has 1 rings (SSSR count). The third kappa shape index (κ3) is 2.93. The zero-order valence-corrected chi connectivity index (χ0v) is 10.3. The second kappa shape index (κ2) is 4.50. The van der Waals surface area contributed by atoms with Gasteiger partial charge in [-0.2, -0.15) is 0 Å². The standard InChI is InChI=1S/C12H16ClFO/c1-12(2,3)9-5-8(7-15-4)6-10(13)11(9)14/h5-6H,7H2,1-4H3. The molecule has 0 amide bonds. The Morgan fingerprint density at radius 1 is 1.33 bits per heavy atom. The van der Waals surface area contributed by atoms with E-state index in [9.17, 15) is 4.39 Å². The van der Waals surface area contributed by atoms with E-state index in [0.717, 1.165) is 5.56 Å². The van der Waals surface area contributed by atoms with Crippen molar-refractivity contribution in [1.29, 1.82) is 0 Å². The molecule has 1 aromatic rings.